The van der Waals surface area contributed by atoms with Crippen molar-refractivity contribution in [3.63, 3.8) is 0 Å². The first-order chi connectivity index (χ1) is 9.05. The van der Waals surface area contributed by atoms with Gasteiger partial charge in [0.25, 0.3) is 0 Å². The second kappa shape index (κ2) is 8.08. The SMILES string of the molecule is CCCCCCCCOc1ccccc1C(F)(F)F. The third-order valence-electron chi connectivity index (χ3n) is 2.95. The molecule has 0 radical (unpaired) electrons. The molecule has 0 aliphatic heterocycles. The Bertz CT molecular complexity index is 361. The van der Waals surface area contributed by atoms with Gasteiger partial charge in [-0.3, -0.25) is 0 Å². The van der Waals surface area contributed by atoms with E-state index in [4.69, 9.17) is 4.74 Å². The maximum atomic E-state index is 12.7. The Labute approximate surface area is 112 Å². The number of benzene rings is 1. The highest BCUT2D eigenvalue weighted by Crippen LogP contribution is 2.35. The summed E-state index contributed by atoms with van der Waals surface area (Å²) in [5.74, 6) is -0.0661. The van der Waals surface area contributed by atoms with E-state index in [0.29, 0.717) is 6.61 Å². The molecule has 0 saturated heterocycles. The molecule has 0 aliphatic carbocycles. The van der Waals surface area contributed by atoms with Crippen molar-refractivity contribution in [2.75, 3.05) is 6.61 Å². The van der Waals surface area contributed by atoms with E-state index >= 15 is 0 Å². The Hall–Kier alpha value is -1.19. The summed E-state index contributed by atoms with van der Waals surface area (Å²) in [6, 6.07) is 5.36. The van der Waals surface area contributed by atoms with Crippen LogP contribution in [0.5, 0.6) is 5.75 Å². The molecule has 1 nitrogen and oxygen atoms in total. The summed E-state index contributed by atoms with van der Waals surface area (Å²) in [4.78, 5) is 0. The highest BCUT2D eigenvalue weighted by molar-refractivity contribution is 5.35. The lowest BCUT2D eigenvalue weighted by atomic mass is 10.1. The molecule has 0 aliphatic rings. The molecule has 1 rings (SSSR count). The van der Waals surface area contributed by atoms with Crippen LogP contribution in [0.3, 0.4) is 0 Å². The van der Waals surface area contributed by atoms with Crippen molar-refractivity contribution in [2.24, 2.45) is 0 Å². The quantitative estimate of drug-likeness (QED) is 0.573. The van der Waals surface area contributed by atoms with Crippen LogP contribution in [0.15, 0.2) is 24.3 Å². The lowest BCUT2D eigenvalue weighted by Gasteiger charge is -2.13. The first-order valence-electron chi connectivity index (χ1n) is 6.84. The maximum absolute atomic E-state index is 12.7. The average molecular weight is 274 g/mol. The van der Waals surface area contributed by atoms with E-state index in [1.54, 1.807) is 6.07 Å². The summed E-state index contributed by atoms with van der Waals surface area (Å²) in [6.45, 7) is 2.50. The van der Waals surface area contributed by atoms with Gasteiger partial charge < -0.3 is 4.74 Å². The van der Waals surface area contributed by atoms with Gasteiger partial charge in [0.2, 0.25) is 0 Å². The van der Waals surface area contributed by atoms with E-state index in [1.165, 1.54) is 31.4 Å². The number of rotatable bonds is 8. The predicted molar refractivity (Wildman–Crippen MR) is 70.3 cm³/mol. The largest absolute Gasteiger partial charge is 0.493 e. The van der Waals surface area contributed by atoms with Crippen LogP contribution in [-0.4, -0.2) is 6.61 Å². The zero-order chi connectivity index (χ0) is 14.1. The molecule has 19 heavy (non-hydrogen) atoms. The van der Waals surface area contributed by atoms with Crippen LogP contribution in [0.2, 0.25) is 0 Å². The van der Waals surface area contributed by atoms with Gasteiger partial charge in [0.05, 0.1) is 12.2 Å². The molecule has 0 fully saturated rings. The second-order valence-corrected chi connectivity index (χ2v) is 4.61. The van der Waals surface area contributed by atoms with Crippen molar-refractivity contribution in [3.05, 3.63) is 29.8 Å². The summed E-state index contributed by atoms with van der Waals surface area (Å²) in [5.41, 5.74) is -0.694. The zero-order valence-corrected chi connectivity index (χ0v) is 11.3. The van der Waals surface area contributed by atoms with Gasteiger partial charge in [0.15, 0.2) is 0 Å². The molecule has 0 aromatic heterocycles. The predicted octanol–water partition coefficient (Wildman–Crippen LogP) is 5.44. The molecule has 0 spiro atoms. The Morgan fingerprint density at radius 2 is 1.58 bits per heavy atom. The van der Waals surface area contributed by atoms with Gasteiger partial charge in [-0.2, -0.15) is 13.2 Å². The molecule has 0 unspecified atom stereocenters. The topological polar surface area (TPSA) is 9.23 Å². The summed E-state index contributed by atoms with van der Waals surface area (Å²) < 4.78 is 43.3. The van der Waals surface area contributed by atoms with Gasteiger partial charge in [0.1, 0.15) is 5.75 Å². The first kappa shape index (κ1) is 15.9. The first-order valence-corrected chi connectivity index (χ1v) is 6.84. The van der Waals surface area contributed by atoms with E-state index in [1.807, 2.05) is 0 Å². The maximum Gasteiger partial charge on any atom is 0.419 e. The monoisotopic (exact) mass is 274 g/mol. The third-order valence-corrected chi connectivity index (χ3v) is 2.95. The molecule has 108 valence electrons. The number of ether oxygens (including phenoxy) is 1. The number of hydrogen-bond acceptors (Lipinski definition) is 1. The molecule has 0 N–H and O–H groups in total. The molecule has 0 saturated carbocycles. The fourth-order valence-corrected chi connectivity index (χ4v) is 1.89. The van der Waals surface area contributed by atoms with Gasteiger partial charge in [-0.1, -0.05) is 51.2 Å². The highest BCUT2D eigenvalue weighted by atomic mass is 19.4. The molecule has 1 aromatic rings. The summed E-state index contributed by atoms with van der Waals surface area (Å²) in [7, 11) is 0. The van der Waals surface area contributed by atoms with Gasteiger partial charge in [-0.05, 0) is 18.6 Å². The Morgan fingerprint density at radius 1 is 0.947 bits per heavy atom. The van der Waals surface area contributed by atoms with Crippen LogP contribution in [0, 0.1) is 0 Å². The van der Waals surface area contributed by atoms with E-state index < -0.39 is 11.7 Å². The van der Waals surface area contributed by atoms with Gasteiger partial charge >= 0.3 is 6.18 Å². The molecule has 0 heterocycles. The molecule has 0 bridgehead atoms. The minimum Gasteiger partial charge on any atom is -0.493 e. The number of para-hydroxylation sites is 1. The Kier molecular flexibility index (Phi) is 6.74. The van der Waals surface area contributed by atoms with Crippen molar-refractivity contribution in [1.82, 2.24) is 0 Å². The van der Waals surface area contributed by atoms with Crippen LogP contribution < -0.4 is 4.74 Å². The fraction of sp³-hybridized carbons (Fsp3) is 0.600. The summed E-state index contributed by atoms with van der Waals surface area (Å²) in [5, 5.41) is 0. The van der Waals surface area contributed by atoms with Crippen LogP contribution in [0.25, 0.3) is 0 Å². The van der Waals surface area contributed by atoms with E-state index in [9.17, 15) is 13.2 Å². The Balaban J connectivity index is 2.33. The van der Waals surface area contributed by atoms with Crippen molar-refractivity contribution in [3.8, 4) is 5.75 Å². The smallest absolute Gasteiger partial charge is 0.419 e. The fourth-order valence-electron chi connectivity index (χ4n) is 1.89. The number of alkyl halides is 3. The van der Waals surface area contributed by atoms with E-state index in [0.717, 1.165) is 25.3 Å². The van der Waals surface area contributed by atoms with Gasteiger partial charge in [-0.15, -0.1) is 0 Å². The van der Waals surface area contributed by atoms with E-state index in [-0.39, 0.29) is 5.75 Å². The normalized spacial score (nSPS) is 11.6. The van der Waals surface area contributed by atoms with Crippen molar-refractivity contribution in [1.29, 1.82) is 0 Å². The molecule has 1 aromatic carbocycles. The number of hydrogen-bond donors (Lipinski definition) is 0. The van der Waals surface area contributed by atoms with E-state index in [2.05, 4.69) is 6.92 Å². The third kappa shape index (κ3) is 5.99. The van der Waals surface area contributed by atoms with Gasteiger partial charge in [0, 0.05) is 0 Å². The number of halogens is 3. The minimum atomic E-state index is -4.35. The minimum absolute atomic E-state index is 0.0661. The highest BCUT2D eigenvalue weighted by Gasteiger charge is 2.33. The van der Waals surface area contributed by atoms with Gasteiger partial charge in [-0.25, -0.2) is 0 Å². The molecule has 4 heteroatoms. The molecule has 0 amide bonds. The summed E-state index contributed by atoms with van der Waals surface area (Å²) in [6.07, 6.45) is 2.18. The molecular weight excluding hydrogens is 253 g/mol. The van der Waals surface area contributed by atoms with Crippen LogP contribution in [0.4, 0.5) is 13.2 Å². The molecular formula is C15H21F3O. The lowest BCUT2D eigenvalue weighted by Crippen LogP contribution is -2.09. The van der Waals surface area contributed by atoms with Crippen LogP contribution >= 0.6 is 0 Å². The van der Waals surface area contributed by atoms with Crippen molar-refractivity contribution in [2.45, 2.75) is 51.6 Å². The number of unbranched alkanes of at least 4 members (excludes halogenated alkanes) is 5. The molecule has 0 atom stereocenters. The zero-order valence-electron chi connectivity index (χ0n) is 11.3. The van der Waals surface area contributed by atoms with Crippen LogP contribution in [-0.2, 0) is 6.18 Å². The average Bonchev–Trinajstić information content (AvgIpc) is 2.37. The Morgan fingerprint density at radius 3 is 2.26 bits per heavy atom. The summed E-state index contributed by atoms with van der Waals surface area (Å²) >= 11 is 0. The second-order valence-electron chi connectivity index (χ2n) is 4.61. The lowest BCUT2D eigenvalue weighted by molar-refractivity contribution is -0.138. The van der Waals surface area contributed by atoms with Crippen molar-refractivity contribution >= 4 is 0 Å². The van der Waals surface area contributed by atoms with Crippen molar-refractivity contribution < 1.29 is 17.9 Å². The van der Waals surface area contributed by atoms with Crippen LogP contribution in [0.1, 0.15) is 51.0 Å². The standard InChI is InChI=1S/C15H21F3O/c1-2-3-4-5-6-9-12-19-14-11-8-7-10-13(14)15(16,17)18/h7-8,10-11H,2-6,9,12H2,1H3.